The number of aryl methyl sites for hydroxylation is 3. The van der Waals surface area contributed by atoms with Crippen molar-refractivity contribution >= 4 is 34.4 Å². The van der Waals surface area contributed by atoms with Gasteiger partial charge in [-0.3, -0.25) is 14.4 Å². The quantitative estimate of drug-likeness (QED) is 0.240. The molecule has 7 rings (SSSR count). The molecule has 3 aliphatic heterocycles. The Morgan fingerprint density at radius 3 is 2.20 bits per heavy atom. The molecule has 0 aliphatic carbocycles. The van der Waals surface area contributed by atoms with Gasteiger partial charge in [-0.15, -0.1) is 0 Å². The summed E-state index contributed by atoms with van der Waals surface area (Å²) < 4.78 is 0. The Kier molecular flexibility index (Phi) is 6.65. The summed E-state index contributed by atoms with van der Waals surface area (Å²) >= 11 is 0. The Morgan fingerprint density at radius 2 is 1.48 bits per heavy atom. The summed E-state index contributed by atoms with van der Waals surface area (Å²) in [6, 6.07) is 27.6. The summed E-state index contributed by atoms with van der Waals surface area (Å²) in [6.45, 7) is 8.22. The first-order valence-corrected chi connectivity index (χ1v) is 15.5. The van der Waals surface area contributed by atoms with E-state index in [0.29, 0.717) is 16.8 Å². The standard InChI is InChI=1S/C39H36N2O3/c1-5-8-26-14-18-27(19-15-26)36(42)34-35(37(43)28-16-11-23(2)12-17-28)41-32-20-13-24(3)21-29(32)25(4)22-33(41)39(34)30-9-6-7-10-31(30)40-38(39)44/h6-7,9-22,33-35H,5,8H2,1-4H3,(H,40,44)/t33-,34+,35-,39-/m1/s1. The molecule has 3 aliphatic rings. The number of fused-ring (bicyclic) bond motifs is 6. The van der Waals surface area contributed by atoms with E-state index in [-0.39, 0.29) is 17.5 Å². The highest BCUT2D eigenvalue weighted by Gasteiger charge is 2.70. The van der Waals surface area contributed by atoms with Crippen LogP contribution in [0, 0.1) is 19.8 Å². The molecule has 1 spiro atoms. The van der Waals surface area contributed by atoms with Crippen molar-refractivity contribution in [2.45, 2.75) is 58.0 Å². The largest absolute Gasteiger partial charge is 0.352 e. The van der Waals surface area contributed by atoms with Gasteiger partial charge >= 0.3 is 0 Å². The van der Waals surface area contributed by atoms with Crippen LogP contribution in [-0.2, 0) is 16.6 Å². The minimum Gasteiger partial charge on any atom is -0.352 e. The number of rotatable bonds is 6. The van der Waals surface area contributed by atoms with Gasteiger partial charge in [-0.25, -0.2) is 0 Å². The van der Waals surface area contributed by atoms with E-state index in [1.54, 1.807) is 0 Å². The van der Waals surface area contributed by atoms with E-state index in [1.165, 1.54) is 0 Å². The van der Waals surface area contributed by atoms with Gasteiger partial charge in [-0.1, -0.05) is 103 Å². The smallest absolute Gasteiger partial charge is 0.238 e. The van der Waals surface area contributed by atoms with Crippen LogP contribution in [0.4, 0.5) is 11.4 Å². The topological polar surface area (TPSA) is 66.5 Å². The molecule has 0 aromatic heterocycles. The first-order valence-electron chi connectivity index (χ1n) is 15.5. The number of carbonyl (C=O) groups excluding carboxylic acids is 3. The molecule has 0 bridgehead atoms. The Morgan fingerprint density at radius 1 is 0.818 bits per heavy atom. The molecule has 5 nitrogen and oxygen atoms in total. The number of carbonyl (C=O) groups is 3. The molecule has 5 heteroatoms. The van der Waals surface area contributed by atoms with Gasteiger partial charge in [0, 0.05) is 28.1 Å². The molecule has 0 unspecified atom stereocenters. The Balaban J connectivity index is 1.52. The van der Waals surface area contributed by atoms with Crippen molar-refractivity contribution < 1.29 is 14.4 Å². The van der Waals surface area contributed by atoms with Crippen LogP contribution >= 0.6 is 0 Å². The number of nitrogens with one attached hydrogen (secondary N) is 1. The molecular weight excluding hydrogens is 544 g/mol. The third kappa shape index (κ3) is 4.02. The number of amides is 1. The van der Waals surface area contributed by atoms with Crippen LogP contribution in [0.25, 0.3) is 5.57 Å². The molecule has 0 saturated carbocycles. The van der Waals surface area contributed by atoms with Crippen LogP contribution in [0.5, 0.6) is 0 Å². The van der Waals surface area contributed by atoms with E-state index in [9.17, 15) is 9.59 Å². The van der Waals surface area contributed by atoms with Gasteiger partial charge < -0.3 is 10.2 Å². The number of hydrogen-bond donors (Lipinski definition) is 1. The molecule has 4 aromatic rings. The fraction of sp³-hybridized carbons (Fsp3) is 0.256. The average molecular weight is 581 g/mol. The number of ketones is 2. The van der Waals surface area contributed by atoms with E-state index >= 15 is 4.79 Å². The summed E-state index contributed by atoms with van der Waals surface area (Å²) in [5.74, 6) is -1.57. The minimum atomic E-state index is -1.31. The van der Waals surface area contributed by atoms with Gasteiger partial charge in [0.05, 0.1) is 12.0 Å². The first-order chi connectivity index (χ1) is 21.2. The highest BCUT2D eigenvalue weighted by molar-refractivity contribution is 6.18. The van der Waals surface area contributed by atoms with Gasteiger partial charge in [-0.2, -0.15) is 0 Å². The van der Waals surface area contributed by atoms with Gasteiger partial charge in [0.2, 0.25) is 5.91 Å². The predicted octanol–water partition coefficient (Wildman–Crippen LogP) is 7.50. The number of para-hydroxylation sites is 1. The van der Waals surface area contributed by atoms with E-state index in [1.807, 2.05) is 91.9 Å². The normalized spacial score (nSPS) is 23.1. The molecule has 3 heterocycles. The van der Waals surface area contributed by atoms with Crippen molar-refractivity contribution in [3.8, 4) is 0 Å². The third-order valence-electron chi connectivity index (χ3n) is 9.80. The number of Topliss-reactive ketones (excluding diaryl/α,β-unsaturated/α-hetero) is 2. The number of hydrogen-bond acceptors (Lipinski definition) is 4. The number of anilines is 2. The lowest BCUT2D eigenvalue weighted by Gasteiger charge is -2.39. The zero-order valence-electron chi connectivity index (χ0n) is 25.6. The van der Waals surface area contributed by atoms with Crippen LogP contribution < -0.4 is 10.2 Å². The second-order valence-electron chi connectivity index (χ2n) is 12.6. The van der Waals surface area contributed by atoms with Crippen molar-refractivity contribution in [3.63, 3.8) is 0 Å². The summed E-state index contributed by atoms with van der Waals surface area (Å²) in [4.78, 5) is 46.6. The maximum atomic E-state index is 15.0. The summed E-state index contributed by atoms with van der Waals surface area (Å²) in [5, 5.41) is 3.12. The van der Waals surface area contributed by atoms with Gasteiger partial charge in [0.1, 0.15) is 11.5 Å². The minimum absolute atomic E-state index is 0.163. The van der Waals surface area contributed by atoms with Crippen LogP contribution in [-0.4, -0.2) is 29.6 Å². The van der Waals surface area contributed by atoms with Crippen LogP contribution in [0.1, 0.15) is 68.8 Å². The maximum Gasteiger partial charge on any atom is 0.238 e. The van der Waals surface area contributed by atoms with Crippen molar-refractivity contribution in [2.75, 3.05) is 10.2 Å². The second-order valence-corrected chi connectivity index (χ2v) is 12.6. The molecule has 0 radical (unpaired) electrons. The lowest BCUT2D eigenvalue weighted by atomic mass is 9.64. The van der Waals surface area contributed by atoms with E-state index in [4.69, 9.17) is 0 Å². The van der Waals surface area contributed by atoms with Crippen LogP contribution in [0.15, 0.2) is 97.1 Å². The molecule has 220 valence electrons. The summed E-state index contributed by atoms with van der Waals surface area (Å²) in [5.41, 5.74) is 7.40. The molecule has 1 amide bonds. The van der Waals surface area contributed by atoms with E-state index in [2.05, 4.69) is 43.1 Å². The molecule has 4 aromatic carbocycles. The molecule has 4 atom stereocenters. The lowest BCUT2D eigenvalue weighted by molar-refractivity contribution is -0.121. The number of nitrogens with zero attached hydrogens (tertiary/aromatic N) is 1. The van der Waals surface area contributed by atoms with Crippen LogP contribution in [0.3, 0.4) is 0 Å². The molecule has 44 heavy (non-hydrogen) atoms. The Bertz CT molecular complexity index is 1850. The summed E-state index contributed by atoms with van der Waals surface area (Å²) in [7, 11) is 0. The first kappa shape index (κ1) is 28.0. The molecule has 1 N–H and O–H groups in total. The van der Waals surface area contributed by atoms with Crippen molar-refractivity contribution in [1.82, 2.24) is 0 Å². The fourth-order valence-corrected chi connectivity index (χ4v) is 7.74. The number of benzene rings is 4. The predicted molar refractivity (Wildman–Crippen MR) is 175 cm³/mol. The summed E-state index contributed by atoms with van der Waals surface area (Å²) in [6.07, 6.45) is 4.03. The SMILES string of the molecule is CCCc1ccc(C(=O)[C@@H]2[C@H](C(=O)c3ccc(C)cc3)N3c4ccc(C)cc4C(C)=C[C@@H]3[C@@]23C(=O)Nc2ccccc23)cc1. The van der Waals surface area contributed by atoms with Gasteiger partial charge in [0.25, 0.3) is 0 Å². The van der Waals surface area contributed by atoms with Gasteiger partial charge in [-0.05, 0) is 62.1 Å². The molecular formula is C39H36N2O3. The molecule has 1 saturated heterocycles. The van der Waals surface area contributed by atoms with Crippen molar-refractivity contribution in [2.24, 2.45) is 5.92 Å². The third-order valence-corrected chi connectivity index (χ3v) is 9.80. The fourth-order valence-electron chi connectivity index (χ4n) is 7.74. The lowest BCUT2D eigenvalue weighted by Crippen LogP contribution is -2.51. The highest BCUT2D eigenvalue weighted by atomic mass is 16.2. The van der Waals surface area contributed by atoms with E-state index in [0.717, 1.165) is 51.9 Å². The Hall–Kier alpha value is -4.77. The average Bonchev–Trinajstić information content (AvgIpc) is 3.49. The van der Waals surface area contributed by atoms with Gasteiger partial charge in [0.15, 0.2) is 11.6 Å². The Labute approximate surface area is 258 Å². The zero-order valence-corrected chi connectivity index (χ0v) is 25.6. The van der Waals surface area contributed by atoms with E-state index < -0.39 is 23.4 Å². The maximum absolute atomic E-state index is 15.0. The monoisotopic (exact) mass is 580 g/mol. The van der Waals surface area contributed by atoms with Crippen molar-refractivity contribution in [1.29, 1.82) is 0 Å². The highest BCUT2D eigenvalue weighted by Crippen LogP contribution is 2.59. The van der Waals surface area contributed by atoms with Crippen molar-refractivity contribution in [3.05, 3.63) is 136 Å². The number of allylic oxidation sites excluding steroid dienone is 1. The molecule has 1 fully saturated rings. The second kappa shape index (κ2) is 10.4. The van der Waals surface area contributed by atoms with Crippen LogP contribution in [0.2, 0.25) is 0 Å². The zero-order chi connectivity index (χ0) is 30.7.